The van der Waals surface area contributed by atoms with Gasteiger partial charge in [-0.2, -0.15) is 0 Å². The number of nitrogens with zero attached hydrogens (tertiary/aromatic N) is 1. The van der Waals surface area contributed by atoms with Crippen LogP contribution in [-0.4, -0.2) is 22.9 Å². The molecule has 0 unspecified atom stereocenters. The molecule has 4 heteroatoms. The van der Waals surface area contributed by atoms with Gasteiger partial charge in [-0.15, -0.1) is 0 Å². The molecular weight excluding hydrogens is 134 g/mol. The molecule has 0 radical (unpaired) electrons. The van der Waals surface area contributed by atoms with Crippen molar-refractivity contribution in [1.82, 2.24) is 4.57 Å². The molecule has 1 aromatic rings. The van der Waals surface area contributed by atoms with Crippen molar-refractivity contribution in [3.8, 4) is 5.88 Å². The Kier molecular flexibility index (Phi) is 1.62. The third-order valence-corrected chi connectivity index (χ3v) is 1.10. The average molecular weight is 141 g/mol. The van der Waals surface area contributed by atoms with E-state index in [-0.39, 0.29) is 5.88 Å². The van der Waals surface area contributed by atoms with Crippen molar-refractivity contribution >= 4 is 6.09 Å². The van der Waals surface area contributed by atoms with Crippen LogP contribution < -0.4 is 0 Å². The number of aromatic nitrogens is 1. The summed E-state index contributed by atoms with van der Waals surface area (Å²) in [6, 6.07) is 2.95. The van der Waals surface area contributed by atoms with Crippen molar-refractivity contribution < 1.29 is 14.6 Å². The SMILES string of the molecule is COC(=O)n1cccc1O. The minimum Gasteiger partial charge on any atom is -0.494 e. The van der Waals surface area contributed by atoms with Gasteiger partial charge in [-0.05, 0) is 6.07 Å². The standard InChI is InChI=1S/C6H7NO3/c1-10-6(9)7-4-2-3-5(7)8/h2-4,8H,1H3. The average Bonchev–Trinajstić information content (AvgIpc) is 2.34. The maximum atomic E-state index is 10.7. The molecule has 0 saturated carbocycles. The van der Waals surface area contributed by atoms with E-state index in [1.165, 1.54) is 19.4 Å². The Morgan fingerprint density at radius 3 is 2.90 bits per heavy atom. The lowest BCUT2D eigenvalue weighted by Crippen LogP contribution is -2.08. The molecule has 0 bridgehead atoms. The number of carbonyl (C=O) groups is 1. The topological polar surface area (TPSA) is 51.5 Å². The summed E-state index contributed by atoms with van der Waals surface area (Å²) in [5.41, 5.74) is 0. The molecule has 0 aliphatic carbocycles. The van der Waals surface area contributed by atoms with Crippen LogP contribution >= 0.6 is 0 Å². The van der Waals surface area contributed by atoms with Crippen LogP contribution in [0.4, 0.5) is 4.79 Å². The van der Waals surface area contributed by atoms with E-state index >= 15 is 0 Å². The molecule has 0 aliphatic heterocycles. The maximum absolute atomic E-state index is 10.7. The molecule has 1 aromatic heterocycles. The lowest BCUT2D eigenvalue weighted by atomic mass is 10.7. The first-order chi connectivity index (χ1) is 4.75. The van der Waals surface area contributed by atoms with Crippen LogP contribution in [0.3, 0.4) is 0 Å². The first-order valence-electron chi connectivity index (χ1n) is 2.70. The van der Waals surface area contributed by atoms with Crippen LogP contribution in [0, 0.1) is 0 Å². The molecule has 0 atom stereocenters. The Hall–Kier alpha value is -1.45. The molecule has 0 aromatic carbocycles. The first kappa shape index (κ1) is 6.67. The number of aromatic hydroxyl groups is 1. The molecule has 1 rings (SSSR count). The van der Waals surface area contributed by atoms with Crippen LogP contribution in [0.25, 0.3) is 0 Å². The predicted molar refractivity (Wildman–Crippen MR) is 33.9 cm³/mol. The number of hydrogen-bond donors (Lipinski definition) is 1. The minimum absolute atomic E-state index is 0.119. The van der Waals surface area contributed by atoms with Gasteiger partial charge in [0.25, 0.3) is 0 Å². The first-order valence-corrected chi connectivity index (χ1v) is 2.70. The molecule has 0 amide bonds. The van der Waals surface area contributed by atoms with E-state index in [1.54, 1.807) is 6.07 Å². The fraction of sp³-hybridized carbons (Fsp3) is 0.167. The van der Waals surface area contributed by atoms with Crippen molar-refractivity contribution in [2.24, 2.45) is 0 Å². The zero-order valence-corrected chi connectivity index (χ0v) is 5.44. The molecule has 0 spiro atoms. The van der Waals surface area contributed by atoms with Crippen LogP contribution in [0.15, 0.2) is 18.3 Å². The van der Waals surface area contributed by atoms with Crippen LogP contribution in [-0.2, 0) is 4.74 Å². The van der Waals surface area contributed by atoms with E-state index in [0.29, 0.717) is 0 Å². The quantitative estimate of drug-likeness (QED) is 0.581. The molecular formula is C6H7NO3. The normalized spacial score (nSPS) is 9.30. The van der Waals surface area contributed by atoms with Crippen molar-refractivity contribution in [2.75, 3.05) is 7.11 Å². The summed E-state index contributed by atoms with van der Waals surface area (Å²) in [7, 11) is 1.25. The highest BCUT2D eigenvalue weighted by Crippen LogP contribution is 2.08. The van der Waals surface area contributed by atoms with Gasteiger partial charge in [0.2, 0.25) is 5.88 Å². The zero-order chi connectivity index (χ0) is 7.56. The van der Waals surface area contributed by atoms with E-state index in [0.717, 1.165) is 4.57 Å². The largest absolute Gasteiger partial charge is 0.494 e. The summed E-state index contributed by atoms with van der Waals surface area (Å²) in [5.74, 6) is -0.119. The smallest absolute Gasteiger partial charge is 0.420 e. The summed E-state index contributed by atoms with van der Waals surface area (Å²) in [5, 5.41) is 8.91. The molecule has 4 nitrogen and oxygen atoms in total. The van der Waals surface area contributed by atoms with Crippen molar-refractivity contribution in [3.05, 3.63) is 18.3 Å². The van der Waals surface area contributed by atoms with Gasteiger partial charge < -0.3 is 9.84 Å². The third kappa shape index (κ3) is 0.953. The lowest BCUT2D eigenvalue weighted by molar-refractivity contribution is 0.170. The number of carbonyl (C=O) groups excluding carboxylic acids is 1. The van der Waals surface area contributed by atoms with Gasteiger partial charge in [-0.1, -0.05) is 0 Å². The van der Waals surface area contributed by atoms with Gasteiger partial charge in [-0.25, -0.2) is 9.36 Å². The highest BCUT2D eigenvalue weighted by molar-refractivity contribution is 5.72. The second kappa shape index (κ2) is 2.43. The summed E-state index contributed by atoms with van der Waals surface area (Å²) in [4.78, 5) is 10.7. The Labute approximate surface area is 57.6 Å². The fourth-order valence-electron chi connectivity index (χ4n) is 0.625. The van der Waals surface area contributed by atoms with Gasteiger partial charge in [-0.3, -0.25) is 0 Å². The molecule has 0 aliphatic rings. The number of hydrogen-bond acceptors (Lipinski definition) is 3. The highest BCUT2D eigenvalue weighted by atomic mass is 16.5. The fourth-order valence-corrected chi connectivity index (χ4v) is 0.625. The van der Waals surface area contributed by atoms with Crippen LogP contribution in [0.1, 0.15) is 0 Å². The maximum Gasteiger partial charge on any atom is 0.420 e. The van der Waals surface area contributed by atoms with Crippen molar-refractivity contribution in [3.63, 3.8) is 0 Å². The van der Waals surface area contributed by atoms with E-state index in [9.17, 15) is 4.79 Å². The summed E-state index contributed by atoms with van der Waals surface area (Å²) >= 11 is 0. The predicted octanol–water partition coefficient (Wildman–Crippen LogP) is 0.808. The van der Waals surface area contributed by atoms with E-state index < -0.39 is 6.09 Å². The zero-order valence-electron chi connectivity index (χ0n) is 5.44. The van der Waals surface area contributed by atoms with Crippen LogP contribution in [0.2, 0.25) is 0 Å². The Morgan fingerprint density at radius 2 is 2.50 bits per heavy atom. The number of rotatable bonds is 0. The third-order valence-electron chi connectivity index (χ3n) is 1.10. The van der Waals surface area contributed by atoms with Crippen molar-refractivity contribution in [2.45, 2.75) is 0 Å². The number of methoxy groups -OCH3 is 1. The monoisotopic (exact) mass is 141 g/mol. The van der Waals surface area contributed by atoms with Gasteiger partial charge in [0.1, 0.15) is 0 Å². The molecule has 1 heterocycles. The molecule has 54 valence electrons. The number of ether oxygens (including phenoxy) is 1. The van der Waals surface area contributed by atoms with Gasteiger partial charge in [0.15, 0.2) is 0 Å². The summed E-state index contributed by atoms with van der Waals surface area (Å²) in [6.07, 6.45) is 0.823. The van der Waals surface area contributed by atoms with Gasteiger partial charge in [0.05, 0.1) is 7.11 Å². The molecule has 10 heavy (non-hydrogen) atoms. The Morgan fingerprint density at radius 1 is 1.80 bits per heavy atom. The molecule has 0 saturated heterocycles. The van der Waals surface area contributed by atoms with Crippen molar-refractivity contribution in [1.29, 1.82) is 0 Å². The Bertz CT molecular complexity index is 241. The molecule has 0 fully saturated rings. The van der Waals surface area contributed by atoms with Gasteiger partial charge in [0, 0.05) is 12.3 Å². The highest BCUT2D eigenvalue weighted by Gasteiger charge is 2.05. The minimum atomic E-state index is -0.595. The Balaban J connectivity index is 2.93. The second-order valence-electron chi connectivity index (χ2n) is 1.71. The van der Waals surface area contributed by atoms with E-state index in [1.807, 2.05) is 0 Å². The molecule has 1 N–H and O–H groups in total. The summed E-state index contributed by atoms with van der Waals surface area (Å²) < 4.78 is 5.34. The lowest BCUT2D eigenvalue weighted by Gasteiger charge is -1.98. The van der Waals surface area contributed by atoms with E-state index in [2.05, 4.69) is 4.74 Å². The summed E-state index contributed by atoms with van der Waals surface area (Å²) in [6.45, 7) is 0. The second-order valence-corrected chi connectivity index (χ2v) is 1.71. The van der Waals surface area contributed by atoms with Crippen LogP contribution in [0.5, 0.6) is 5.88 Å². The van der Waals surface area contributed by atoms with E-state index in [4.69, 9.17) is 5.11 Å². The van der Waals surface area contributed by atoms with Gasteiger partial charge >= 0.3 is 6.09 Å².